The van der Waals surface area contributed by atoms with E-state index in [-0.39, 0.29) is 0 Å². The van der Waals surface area contributed by atoms with Crippen molar-refractivity contribution in [1.82, 2.24) is 10.2 Å². The van der Waals surface area contributed by atoms with Crippen molar-refractivity contribution in [3.05, 3.63) is 0 Å². The molecule has 0 spiro atoms. The topological polar surface area (TPSA) is 24.5 Å². The molecule has 0 bridgehead atoms. The number of likely N-dealkylation sites (N-methyl/N-ethyl adjacent to an activating group) is 1. The lowest BCUT2D eigenvalue weighted by Gasteiger charge is -2.30. The van der Waals surface area contributed by atoms with E-state index in [1.807, 2.05) is 0 Å². The Morgan fingerprint density at radius 3 is 2.94 bits per heavy atom. The van der Waals surface area contributed by atoms with Crippen LogP contribution in [0.5, 0.6) is 0 Å². The number of nitrogens with one attached hydrogen (secondary N) is 1. The second kappa shape index (κ2) is 8.04. The number of hydrogen-bond donors (Lipinski definition) is 1. The fourth-order valence-electron chi connectivity index (χ4n) is 2.13. The average molecular weight is 228 g/mol. The molecule has 0 aromatic carbocycles. The van der Waals surface area contributed by atoms with E-state index >= 15 is 0 Å². The van der Waals surface area contributed by atoms with Crippen LogP contribution in [0, 0.1) is 5.92 Å². The lowest BCUT2D eigenvalue weighted by Crippen LogP contribution is -2.44. The molecule has 0 aliphatic carbocycles. The molecule has 16 heavy (non-hydrogen) atoms. The second-order valence-corrected chi connectivity index (χ2v) is 5.38. The first-order chi connectivity index (χ1) is 7.68. The van der Waals surface area contributed by atoms with Crippen molar-refractivity contribution >= 4 is 0 Å². The summed E-state index contributed by atoms with van der Waals surface area (Å²) in [4.78, 5) is 2.41. The van der Waals surface area contributed by atoms with E-state index in [9.17, 15) is 0 Å². The van der Waals surface area contributed by atoms with E-state index in [1.54, 1.807) is 0 Å². The zero-order valence-electron chi connectivity index (χ0n) is 11.2. The zero-order valence-corrected chi connectivity index (χ0v) is 11.2. The largest absolute Gasteiger partial charge is 0.381 e. The van der Waals surface area contributed by atoms with Crippen molar-refractivity contribution in [1.29, 1.82) is 0 Å². The van der Waals surface area contributed by atoms with E-state index in [0.29, 0.717) is 12.0 Å². The Morgan fingerprint density at radius 1 is 1.44 bits per heavy atom. The van der Waals surface area contributed by atoms with Gasteiger partial charge in [0.1, 0.15) is 0 Å². The van der Waals surface area contributed by atoms with E-state index in [1.165, 1.54) is 25.9 Å². The Labute approximate surface area is 101 Å². The number of likely N-dealkylation sites (tertiary alicyclic amines) is 1. The molecule has 0 radical (unpaired) electrons. The molecule has 3 heteroatoms. The van der Waals surface area contributed by atoms with Gasteiger partial charge in [-0.2, -0.15) is 0 Å². The molecular formula is C13H28N2O. The van der Waals surface area contributed by atoms with Crippen LogP contribution in [0.2, 0.25) is 0 Å². The van der Waals surface area contributed by atoms with Gasteiger partial charge in [0.2, 0.25) is 0 Å². The van der Waals surface area contributed by atoms with Gasteiger partial charge in [-0.1, -0.05) is 13.8 Å². The predicted octanol–water partition coefficient (Wildman–Crippen LogP) is 1.73. The fraction of sp³-hybridized carbons (Fsp3) is 1.00. The van der Waals surface area contributed by atoms with Gasteiger partial charge >= 0.3 is 0 Å². The van der Waals surface area contributed by atoms with Gasteiger partial charge in [0.05, 0.1) is 0 Å². The van der Waals surface area contributed by atoms with Crippen molar-refractivity contribution in [3.8, 4) is 0 Å². The number of piperidine rings is 1. The Morgan fingerprint density at radius 2 is 2.25 bits per heavy atom. The van der Waals surface area contributed by atoms with Crippen molar-refractivity contribution in [2.75, 3.05) is 39.9 Å². The molecule has 0 amide bonds. The van der Waals surface area contributed by atoms with Crippen LogP contribution >= 0.6 is 0 Å². The highest BCUT2D eigenvalue weighted by Crippen LogP contribution is 2.07. The molecule has 0 aromatic rings. The average Bonchev–Trinajstić information content (AvgIpc) is 2.23. The molecule has 1 atom stereocenters. The van der Waals surface area contributed by atoms with Crippen LogP contribution < -0.4 is 5.32 Å². The van der Waals surface area contributed by atoms with Crippen molar-refractivity contribution < 1.29 is 4.74 Å². The van der Waals surface area contributed by atoms with Gasteiger partial charge in [0, 0.05) is 25.8 Å². The third kappa shape index (κ3) is 6.46. The van der Waals surface area contributed by atoms with Gasteiger partial charge in [0.15, 0.2) is 0 Å². The molecular weight excluding hydrogens is 200 g/mol. The van der Waals surface area contributed by atoms with Crippen molar-refractivity contribution in [2.24, 2.45) is 5.92 Å². The zero-order chi connectivity index (χ0) is 11.8. The van der Waals surface area contributed by atoms with E-state index in [2.05, 4.69) is 31.1 Å². The Hall–Kier alpha value is -0.120. The van der Waals surface area contributed by atoms with Gasteiger partial charge < -0.3 is 15.0 Å². The maximum atomic E-state index is 5.56. The Balaban J connectivity index is 1.90. The Bertz CT molecular complexity index is 173. The Kier molecular flexibility index (Phi) is 7.01. The van der Waals surface area contributed by atoms with Crippen molar-refractivity contribution in [3.63, 3.8) is 0 Å². The van der Waals surface area contributed by atoms with Crippen LogP contribution in [0.15, 0.2) is 0 Å². The summed E-state index contributed by atoms with van der Waals surface area (Å²) >= 11 is 0. The third-order valence-electron chi connectivity index (χ3n) is 2.97. The molecule has 3 nitrogen and oxygen atoms in total. The number of nitrogens with zero attached hydrogens (tertiary/aromatic N) is 1. The SMILES string of the molecule is CC(C)COCCCNC1CCCN(C)C1. The van der Waals surface area contributed by atoms with Crippen LogP contribution in [0.3, 0.4) is 0 Å². The quantitative estimate of drug-likeness (QED) is 0.672. The number of rotatable bonds is 7. The second-order valence-electron chi connectivity index (χ2n) is 5.38. The van der Waals surface area contributed by atoms with E-state index in [0.717, 1.165) is 26.2 Å². The first-order valence-electron chi connectivity index (χ1n) is 6.68. The highest BCUT2D eigenvalue weighted by atomic mass is 16.5. The fourth-order valence-corrected chi connectivity index (χ4v) is 2.13. The lowest BCUT2D eigenvalue weighted by atomic mass is 10.1. The number of hydrogen-bond acceptors (Lipinski definition) is 3. The summed E-state index contributed by atoms with van der Waals surface area (Å²) in [6, 6.07) is 0.698. The molecule has 1 rings (SSSR count). The predicted molar refractivity (Wildman–Crippen MR) is 68.8 cm³/mol. The van der Waals surface area contributed by atoms with Crippen LogP contribution in [-0.2, 0) is 4.74 Å². The van der Waals surface area contributed by atoms with Gasteiger partial charge in [-0.15, -0.1) is 0 Å². The highest BCUT2D eigenvalue weighted by Gasteiger charge is 2.15. The minimum atomic E-state index is 0.653. The van der Waals surface area contributed by atoms with Crippen LogP contribution in [-0.4, -0.2) is 50.8 Å². The molecule has 96 valence electrons. The minimum absolute atomic E-state index is 0.653. The molecule has 1 aliphatic rings. The van der Waals surface area contributed by atoms with Crippen molar-refractivity contribution in [2.45, 2.75) is 39.2 Å². The minimum Gasteiger partial charge on any atom is -0.381 e. The van der Waals surface area contributed by atoms with Crippen LogP contribution in [0.25, 0.3) is 0 Å². The summed E-state index contributed by atoms with van der Waals surface area (Å²) in [7, 11) is 2.21. The standard InChI is InChI=1S/C13H28N2O/c1-12(2)11-16-9-5-7-14-13-6-4-8-15(3)10-13/h12-14H,4-11H2,1-3H3. The van der Waals surface area contributed by atoms with Gasteiger partial charge in [-0.25, -0.2) is 0 Å². The van der Waals surface area contributed by atoms with Gasteiger partial charge in [-0.05, 0) is 45.3 Å². The summed E-state index contributed by atoms with van der Waals surface area (Å²) < 4.78 is 5.56. The lowest BCUT2D eigenvalue weighted by molar-refractivity contribution is 0.106. The molecule has 1 aliphatic heterocycles. The summed E-state index contributed by atoms with van der Waals surface area (Å²) in [6.45, 7) is 9.73. The summed E-state index contributed by atoms with van der Waals surface area (Å²) in [5.41, 5.74) is 0. The summed E-state index contributed by atoms with van der Waals surface area (Å²) in [6.07, 6.45) is 3.79. The van der Waals surface area contributed by atoms with Crippen LogP contribution in [0.4, 0.5) is 0 Å². The van der Waals surface area contributed by atoms with Gasteiger partial charge in [0.25, 0.3) is 0 Å². The molecule has 1 unspecified atom stereocenters. The maximum Gasteiger partial charge on any atom is 0.0489 e. The first kappa shape index (κ1) is 13.9. The third-order valence-corrected chi connectivity index (χ3v) is 2.97. The van der Waals surface area contributed by atoms with Gasteiger partial charge in [-0.3, -0.25) is 0 Å². The molecule has 0 aromatic heterocycles. The normalized spacial score (nSPS) is 22.9. The summed E-state index contributed by atoms with van der Waals surface area (Å²) in [5.74, 6) is 0.653. The maximum absolute atomic E-state index is 5.56. The molecule has 1 heterocycles. The summed E-state index contributed by atoms with van der Waals surface area (Å²) in [5, 5.41) is 3.62. The van der Waals surface area contributed by atoms with E-state index < -0.39 is 0 Å². The molecule has 0 saturated carbocycles. The van der Waals surface area contributed by atoms with Crippen LogP contribution in [0.1, 0.15) is 33.1 Å². The van der Waals surface area contributed by atoms with E-state index in [4.69, 9.17) is 4.74 Å². The molecule has 1 saturated heterocycles. The highest BCUT2D eigenvalue weighted by molar-refractivity contribution is 4.75. The number of ether oxygens (including phenoxy) is 1. The molecule has 1 N–H and O–H groups in total. The smallest absolute Gasteiger partial charge is 0.0489 e. The monoisotopic (exact) mass is 228 g/mol. The first-order valence-corrected chi connectivity index (χ1v) is 6.68. The molecule has 1 fully saturated rings.